The highest BCUT2D eigenvalue weighted by Gasteiger charge is 2.40. The second-order valence-electron chi connectivity index (χ2n) is 8.69. The highest BCUT2D eigenvalue weighted by atomic mass is 16.4. The molecule has 2 unspecified atom stereocenters. The Balaban J connectivity index is 1.45. The third kappa shape index (κ3) is 3.62. The van der Waals surface area contributed by atoms with Crippen LogP contribution in [0.15, 0.2) is 47.7 Å². The summed E-state index contributed by atoms with van der Waals surface area (Å²) in [5.41, 5.74) is 6.46. The zero-order valence-corrected chi connectivity index (χ0v) is 18.0. The number of hydrogen-bond acceptors (Lipinski definition) is 5. The predicted molar refractivity (Wildman–Crippen MR) is 122 cm³/mol. The molecule has 3 heterocycles. The summed E-state index contributed by atoms with van der Waals surface area (Å²) in [5, 5.41) is 14.0. The van der Waals surface area contributed by atoms with Crippen LogP contribution in [0.2, 0.25) is 0 Å². The second-order valence-corrected chi connectivity index (χ2v) is 8.69. The maximum absolute atomic E-state index is 12.8. The van der Waals surface area contributed by atoms with Gasteiger partial charge in [0.1, 0.15) is 5.92 Å². The van der Waals surface area contributed by atoms with Crippen LogP contribution in [-0.2, 0) is 36.1 Å². The molecule has 0 amide bonds. The monoisotopic (exact) mass is 430 g/mol. The molecule has 0 bridgehead atoms. The molecule has 2 atom stereocenters. The van der Waals surface area contributed by atoms with Crippen molar-refractivity contribution in [2.75, 3.05) is 6.54 Å². The molecule has 2 aromatic heterocycles. The first kappa shape index (κ1) is 20.6. The van der Waals surface area contributed by atoms with Gasteiger partial charge in [-0.05, 0) is 54.7 Å². The molecule has 0 saturated heterocycles. The molecular weight excluding hydrogens is 404 g/mol. The predicted octanol–water partition coefficient (Wildman–Crippen LogP) is 2.89. The number of rotatable bonds is 5. The molecule has 1 aliphatic heterocycles. The van der Waals surface area contributed by atoms with Crippen molar-refractivity contribution in [2.24, 2.45) is 23.9 Å². The molecule has 7 heteroatoms. The molecule has 164 valence electrons. The van der Waals surface area contributed by atoms with E-state index >= 15 is 0 Å². The normalized spacial score (nSPS) is 20.4. The van der Waals surface area contributed by atoms with Crippen LogP contribution in [0.5, 0.6) is 0 Å². The van der Waals surface area contributed by atoms with Crippen molar-refractivity contribution in [2.45, 2.75) is 32.4 Å². The molecular formula is C25H26N4O3. The molecule has 32 heavy (non-hydrogen) atoms. The van der Waals surface area contributed by atoms with E-state index in [1.165, 1.54) is 11.3 Å². The molecule has 0 saturated carbocycles. The number of aliphatic carboxylic acids is 1. The number of benzene rings is 1. The van der Waals surface area contributed by atoms with Crippen molar-refractivity contribution in [3.63, 3.8) is 0 Å². The van der Waals surface area contributed by atoms with Gasteiger partial charge in [-0.3, -0.25) is 19.6 Å². The second kappa shape index (κ2) is 8.31. The lowest BCUT2D eigenvalue weighted by atomic mass is 9.82. The van der Waals surface area contributed by atoms with Gasteiger partial charge in [0.05, 0.1) is 18.2 Å². The zero-order chi connectivity index (χ0) is 22.2. The minimum absolute atomic E-state index is 0.0375. The zero-order valence-electron chi connectivity index (χ0n) is 18.0. The van der Waals surface area contributed by atoms with Crippen molar-refractivity contribution in [3.8, 4) is 0 Å². The van der Waals surface area contributed by atoms with Gasteiger partial charge < -0.3 is 15.0 Å². The first-order valence-corrected chi connectivity index (χ1v) is 11.0. The van der Waals surface area contributed by atoms with E-state index in [9.17, 15) is 14.7 Å². The fourth-order valence-corrected chi connectivity index (χ4v) is 4.95. The summed E-state index contributed by atoms with van der Waals surface area (Å²) in [4.78, 5) is 33.1. The van der Waals surface area contributed by atoms with Crippen LogP contribution < -0.4 is 5.32 Å². The number of aliphatic imine (C=N–C) groups is 1. The van der Waals surface area contributed by atoms with Gasteiger partial charge in [0, 0.05) is 54.7 Å². The molecule has 1 aromatic carbocycles. The summed E-state index contributed by atoms with van der Waals surface area (Å²) < 4.78 is 2.21. The first-order chi connectivity index (χ1) is 15.5. The van der Waals surface area contributed by atoms with Crippen molar-refractivity contribution in [3.05, 3.63) is 65.1 Å². The Morgan fingerprint density at radius 2 is 2.16 bits per heavy atom. The van der Waals surface area contributed by atoms with Crippen LogP contribution in [0.4, 0.5) is 0 Å². The number of nitrogens with one attached hydrogen (secondary N) is 1. The number of aryl methyl sites for hydroxylation is 2. The van der Waals surface area contributed by atoms with Crippen molar-refractivity contribution >= 4 is 28.4 Å². The molecule has 0 spiro atoms. The van der Waals surface area contributed by atoms with E-state index in [1.807, 2.05) is 12.3 Å². The quantitative estimate of drug-likeness (QED) is 0.607. The lowest BCUT2D eigenvalue weighted by Gasteiger charge is -2.25. The fourth-order valence-electron chi connectivity index (χ4n) is 4.95. The number of Topliss-reactive ketones (excluding diaryl/α,β-unsaturated/α-hetero) is 1. The largest absolute Gasteiger partial charge is 0.481 e. The third-order valence-electron chi connectivity index (χ3n) is 6.70. The molecule has 2 N–H and O–H groups in total. The van der Waals surface area contributed by atoms with Gasteiger partial charge in [-0.2, -0.15) is 0 Å². The Kier molecular flexibility index (Phi) is 5.35. The van der Waals surface area contributed by atoms with Gasteiger partial charge in [0.15, 0.2) is 5.78 Å². The van der Waals surface area contributed by atoms with Crippen molar-refractivity contribution < 1.29 is 14.7 Å². The summed E-state index contributed by atoms with van der Waals surface area (Å²) >= 11 is 0. The maximum atomic E-state index is 12.8. The Bertz CT molecular complexity index is 1230. The van der Waals surface area contributed by atoms with Gasteiger partial charge in [-0.25, -0.2) is 0 Å². The first-order valence-electron chi connectivity index (χ1n) is 11.0. The highest BCUT2D eigenvalue weighted by Crippen LogP contribution is 2.34. The van der Waals surface area contributed by atoms with E-state index in [-0.39, 0.29) is 12.3 Å². The Morgan fingerprint density at radius 3 is 2.94 bits per heavy atom. The SMILES string of the molecule is Cn1c(CNCc2cccnc2)cc2cc3c(cc21)CCCC1C(=O)C(C(=O)O)CN=C31. The molecule has 1 aliphatic carbocycles. The Hall–Kier alpha value is -3.32. The van der Waals surface area contributed by atoms with Crippen LogP contribution in [0, 0.1) is 11.8 Å². The summed E-state index contributed by atoms with van der Waals surface area (Å²) in [6, 6.07) is 10.5. The topological polar surface area (TPSA) is 96.6 Å². The molecule has 0 fully saturated rings. The van der Waals surface area contributed by atoms with Gasteiger partial charge in [-0.15, -0.1) is 0 Å². The number of carbonyl (C=O) groups excluding carboxylic acids is 1. The maximum Gasteiger partial charge on any atom is 0.315 e. The van der Waals surface area contributed by atoms with Crippen LogP contribution >= 0.6 is 0 Å². The van der Waals surface area contributed by atoms with Crippen LogP contribution in [-0.4, -0.2) is 38.7 Å². The van der Waals surface area contributed by atoms with Gasteiger partial charge in [0.2, 0.25) is 0 Å². The molecule has 5 rings (SSSR count). The van der Waals surface area contributed by atoms with Crippen LogP contribution in [0.25, 0.3) is 10.9 Å². The van der Waals surface area contributed by atoms with E-state index in [2.05, 4.69) is 51.2 Å². The van der Waals surface area contributed by atoms with E-state index in [4.69, 9.17) is 0 Å². The number of carbonyl (C=O) groups is 2. The molecule has 3 aromatic rings. The lowest BCUT2D eigenvalue weighted by Crippen LogP contribution is -2.40. The van der Waals surface area contributed by atoms with Crippen molar-refractivity contribution in [1.29, 1.82) is 0 Å². The number of aromatic nitrogens is 2. The van der Waals surface area contributed by atoms with Crippen molar-refractivity contribution in [1.82, 2.24) is 14.9 Å². The number of carboxylic acids is 1. The number of carboxylic acid groups (broad SMARTS) is 1. The van der Waals surface area contributed by atoms with E-state index in [0.717, 1.165) is 53.7 Å². The molecule has 2 aliphatic rings. The average Bonchev–Trinajstić information content (AvgIpc) is 2.97. The molecule has 0 radical (unpaired) electrons. The number of pyridine rings is 1. The third-order valence-corrected chi connectivity index (χ3v) is 6.70. The summed E-state index contributed by atoms with van der Waals surface area (Å²) in [6.45, 7) is 1.51. The Labute approximate surface area is 186 Å². The average molecular weight is 431 g/mol. The number of hydrogen-bond donors (Lipinski definition) is 2. The van der Waals surface area contributed by atoms with Crippen LogP contribution in [0.1, 0.15) is 35.2 Å². The Morgan fingerprint density at radius 1 is 1.28 bits per heavy atom. The minimum atomic E-state index is -1.07. The standard InChI is InChI=1S/C25H26N4O3/c1-29-18(13-27-12-15-4-3-7-26-11-15)8-17-9-20-16(10-22(17)29)5-2-6-19-23(20)28-14-21(24(19)30)25(31)32/h3-4,7-11,19,21,27H,2,5-6,12-14H2,1H3,(H,31,32). The smallest absolute Gasteiger partial charge is 0.315 e. The lowest BCUT2D eigenvalue weighted by molar-refractivity contribution is -0.146. The fraction of sp³-hybridized carbons (Fsp3) is 0.360. The van der Waals surface area contributed by atoms with Gasteiger partial charge in [0.25, 0.3) is 0 Å². The van der Waals surface area contributed by atoms with Crippen LogP contribution in [0.3, 0.4) is 0 Å². The van der Waals surface area contributed by atoms with E-state index < -0.39 is 17.8 Å². The minimum Gasteiger partial charge on any atom is -0.481 e. The summed E-state index contributed by atoms with van der Waals surface area (Å²) in [7, 11) is 2.08. The number of ketones is 1. The van der Waals surface area contributed by atoms with E-state index in [1.54, 1.807) is 6.20 Å². The summed E-state index contributed by atoms with van der Waals surface area (Å²) in [6.07, 6.45) is 6.02. The number of fused-ring (bicyclic) bond motifs is 4. The van der Waals surface area contributed by atoms with Gasteiger partial charge >= 0.3 is 5.97 Å². The molecule has 7 nitrogen and oxygen atoms in total. The van der Waals surface area contributed by atoms with E-state index in [0.29, 0.717) is 6.42 Å². The highest BCUT2D eigenvalue weighted by molar-refractivity contribution is 6.20. The summed E-state index contributed by atoms with van der Waals surface area (Å²) in [5.74, 6) is -2.68. The number of nitrogens with zero attached hydrogens (tertiary/aromatic N) is 3. The van der Waals surface area contributed by atoms with Gasteiger partial charge in [-0.1, -0.05) is 6.07 Å².